The van der Waals surface area contributed by atoms with E-state index in [2.05, 4.69) is 0 Å². The number of hydrogen-bond acceptors (Lipinski definition) is 3. The van der Waals surface area contributed by atoms with Crippen molar-refractivity contribution in [2.45, 2.75) is 13.5 Å². The lowest BCUT2D eigenvalue weighted by Crippen LogP contribution is -2.06. The first-order chi connectivity index (χ1) is 9.47. The normalized spacial score (nSPS) is 10.3. The van der Waals surface area contributed by atoms with E-state index in [4.69, 9.17) is 22.1 Å². The van der Waals surface area contributed by atoms with E-state index in [0.29, 0.717) is 21.8 Å². The van der Waals surface area contributed by atoms with Gasteiger partial charge in [-0.2, -0.15) is 0 Å². The Balaban J connectivity index is 2.08. The molecule has 0 amide bonds. The molecule has 0 saturated carbocycles. The number of nitrogens with two attached hydrogens (primary N) is 1. The lowest BCUT2D eigenvalue weighted by atomic mass is 10.1. The van der Waals surface area contributed by atoms with Gasteiger partial charge in [0.05, 0.1) is 5.56 Å². The van der Waals surface area contributed by atoms with Crippen molar-refractivity contribution in [1.82, 2.24) is 0 Å². The van der Waals surface area contributed by atoms with Gasteiger partial charge in [0.15, 0.2) is 0 Å². The third-order valence-electron chi connectivity index (χ3n) is 2.88. The zero-order valence-electron chi connectivity index (χ0n) is 10.8. The minimum atomic E-state index is -0.531. The van der Waals surface area contributed by atoms with Crippen molar-refractivity contribution >= 4 is 23.3 Å². The van der Waals surface area contributed by atoms with Crippen LogP contribution in [0.3, 0.4) is 0 Å². The SMILES string of the molecule is Cc1ccc(C(=O)OCc2cc(F)ccc2Cl)cc1N. The molecule has 0 spiro atoms. The van der Waals surface area contributed by atoms with E-state index < -0.39 is 11.8 Å². The van der Waals surface area contributed by atoms with E-state index in [1.807, 2.05) is 6.92 Å². The number of carbonyl (C=O) groups excluding carboxylic acids is 1. The van der Waals surface area contributed by atoms with Gasteiger partial charge >= 0.3 is 5.97 Å². The van der Waals surface area contributed by atoms with Crippen molar-refractivity contribution in [2.24, 2.45) is 0 Å². The van der Waals surface area contributed by atoms with Gasteiger partial charge in [0, 0.05) is 16.3 Å². The number of aryl methyl sites for hydroxylation is 1. The molecule has 0 aliphatic rings. The molecule has 0 unspecified atom stereocenters. The number of ether oxygens (including phenoxy) is 1. The highest BCUT2D eigenvalue weighted by Crippen LogP contribution is 2.19. The summed E-state index contributed by atoms with van der Waals surface area (Å²) in [5.41, 5.74) is 7.90. The molecule has 0 radical (unpaired) electrons. The van der Waals surface area contributed by atoms with Gasteiger partial charge in [-0.3, -0.25) is 0 Å². The van der Waals surface area contributed by atoms with Crippen LogP contribution in [0.15, 0.2) is 36.4 Å². The number of benzene rings is 2. The highest BCUT2D eigenvalue weighted by Gasteiger charge is 2.10. The number of anilines is 1. The predicted octanol–water partition coefficient (Wildman–Crippen LogP) is 3.73. The zero-order chi connectivity index (χ0) is 14.7. The first kappa shape index (κ1) is 14.3. The van der Waals surface area contributed by atoms with E-state index in [1.54, 1.807) is 18.2 Å². The maximum absolute atomic E-state index is 13.1. The average molecular weight is 294 g/mol. The number of hydrogen-bond donors (Lipinski definition) is 1. The largest absolute Gasteiger partial charge is 0.457 e. The first-order valence-corrected chi connectivity index (χ1v) is 6.32. The predicted molar refractivity (Wildman–Crippen MR) is 76.1 cm³/mol. The van der Waals surface area contributed by atoms with Crippen LogP contribution in [0.1, 0.15) is 21.5 Å². The molecule has 0 fully saturated rings. The second kappa shape index (κ2) is 5.92. The fraction of sp³-hybridized carbons (Fsp3) is 0.133. The Hall–Kier alpha value is -2.07. The van der Waals surface area contributed by atoms with Crippen molar-refractivity contribution < 1.29 is 13.9 Å². The minimum Gasteiger partial charge on any atom is -0.457 e. The molecule has 2 rings (SSSR count). The first-order valence-electron chi connectivity index (χ1n) is 5.94. The van der Waals surface area contributed by atoms with Crippen molar-refractivity contribution in [3.05, 3.63) is 63.9 Å². The summed E-state index contributed by atoms with van der Waals surface area (Å²) in [4.78, 5) is 11.9. The fourth-order valence-corrected chi connectivity index (χ4v) is 1.82. The number of esters is 1. The molecule has 2 aromatic rings. The van der Waals surface area contributed by atoms with Gasteiger partial charge in [-0.1, -0.05) is 17.7 Å². The van der Waals surface area contributed by atoms with Crippen molar-refractivity contribution in [3.63, 3.8) is 0 Å². The summed E-state index contributed by atoms with van der Waals surface area (Å²) in [6.45, 7) is 1.75. The Labute approximate surface area is 121 Å². The highest BCUT2D eigenvalue weighted by atomic mass is 35.5. The maximum atomic E-state index is 13.1. The van der Waals surface area contributed by atoms with Gasteiger partial charge in [0.2, 0.25) is 0 Å². The van der Waals surface area contributed by atoms with E-state index in [-0.39, 0.29) is 6.61 Å². The van der Waals surface area contributed by atoms with Gasteiger partial charge in [0.25, 0.3) is 0 Å². The molecule has 3 nitrogen and oxygen atoms in total. The van der Waals surface area contributed by atoms with Gasteiger partial charge in [-0.15, -0.1) is 0 Å². The Morgan fingerprint density at radius 1 is 1.30 bits per heavy atom. The summed E-state index contributed by atoms with van der Waals surface area (Å²) < 4.78 is 18.2. The van der Waals surface area contributed by atoms with Crippen molar-refractivity contribution in [1.29, 1.82) is 0 Å². The highest BCUT2D eigenvalue weighted by molar-refractivity contribution is 6.31. The smallest absolute Gasteiger partial charge is 0.338 e. The third-order valence-corrected chi connectivity index (χ3v) is 3.25. The van der Waals surface area contributed by atoms with Crippen LogP contribution in [0, 0.1) is 12.7 Å². The second-order valence-corrected chi connectivity index (χ2v) is 4.79. The molecule has 2 aromatic carbocycles. The molecule has 5 heteroatoms. The quantitative estimate of drug-likeness (QED) is 0.693. The van der Waals surface area contributed by atoms with Crippen LogP contribution in [-0.2, 0) is 11.3 Å². The van der Waals surface area contributed by atoms with Gasteiger partial charge < -0.3 is 10.5 Å². The van der Waals surface area contributed by atoms with E-state index in [9.17, 15) is 9.18 Å². The van der Waals surface area contributed by atoms with E-state index in [0.717, 1.165) is 5.56 Å². The Bertz CT molecular complexity index is 658. The monoisotopic (exact) mass is 293 g/mol. The fourth-order valence-electron chi connectivity index (χ4n) is 1.65. The Kier molecular flexibility index (Phi) is 4.25. The van der Waals surface area contributed by atoms with Gasteiger partial charge in [-0.05, 0) is 42.8 Å². The summed E-state index contributed by atoms with van der Waals surface area (Å²) in [5.74, 6) is -0.961. The van der Waals surface area contributed by atoms with Crippen LogP contribution in [0.2, 0.25) is 5.02 Å². The molecule has 0 heterocycles. The van der Waals surface area contributed by atoms with Crippen molar-refractivity contribution in [2.75, 3.05) is 5.73 Å². The van der Waals surface area contributed by atoms with Crippen LogP contribution in [0.4, 0.5) is 10.1 Å². The molecule has 0 aliphatic heterocycles. The summed E-state index contributed by atoms with van der Waals surface area (Å²) in [7, 11) is 0. The third kappa shape index (κ3) is 3.27. The molecule has 0 aliphatic carbocycles. The van der Waals surface area contributed by atoms with E-state index in [1.165, 1.54) is 18.2 Å². The van der Waals surface area contributed by atoms with Gasteiger partial charge in [-0.25, -0.2) is 9.18 Å². The lowest BCUT2D eigenvalue weighted by Gasteiger charge is -2.08. The number of carbonyl (C=O) groups is 1. The molecule has 0 bridgehead atoms. The van der Waals surface area contributed by atoms with Gasteiger partial charge in [0.1, 0.15) is 12.4 Å². The van der Waals surface area contributed by atoms with E-state index >= 15 is 0 Å². The topological polar surface area (TPSA) is 52.3 Å². The molecule has 2 N–H and O–H groups in total. The Morgan fingerprint density at radius 2 is 2.05 bits per heavy atom. The summed E-state index contributed by atoms with van der Waals surface area (Å²) >= 11 is 5.89. The molecule has 104 valence electrons. The van der Waals surface area contributed by atoms with Crippen LogP contribution >= 0.6 is 11.6 Å². The molecule has 0 aromatic heterocycles. The van der Waals surface area contributed by atoms with Crippen LogP contribution in [0.25, 0.3) is 0 Å². The van der Waals surface area contributed by atoms with Crippen LogP contribution in [-0.4, -0.2) is 5.97 Å². The molecular formula is C15H13ClFNO2. The maximum Gasteiger partial charge on any atom is 0.338 e. The molecular weight excluding hydrogens is 281 g/mol. The number of halogens is 2. The number of nitrogen functional groups attached to an aromatic ring is 1. The van der Waals surface area contributed by atoms with Crippen molar-refractivity contribution in [3.8, 4) is 0 Å². The molecule has 0 saturated heterocycles. The summed E-state index contributed by atoms with van der Waals surface area (Å²) in [5, 5.41) is 0.350. The van der Waals surface area contributed by atoms with Crippen LogP contribution < -0.4 is 5.73 Å². The Morgan fingerprint density at radius 3 is 2.75 bits per heavy atom. The second-order valence-electron chi connectivity index (χ2n) is 4.38. The average Bonchev–Trinajstić information content (AvgIpc) is 2.42. The molecule has 0 atom stereocenters. The summed E-state index contributed by atoms with van der Waals surface area (Å²) in [6, 6.07) is 8.81. The lowest BCUT2D eigenvalue weighted by molar-refractivity contribution is 0.0472. The summed E-state index contributed by atoms with van der Waals surface area (Å²) in [6.07, 6.45) is 0. The molecule has 20 heavy (non-hydrogen) atoms. The minimum absolute atomic E-state index is 0.0940. The van der Waals surface area contributed by atoms with Crippen LogP contribution in [0.5, 0.6) is 0 Å². The zero-order valence-corrected chi connectivity index (χ0v) is 11.6. The number of rotatable bonds is 3. The standard InChI is InChI=1S/C15H13ClFNO2/c1-9-2-3-10(7-14(9)18)15(19)20-8-11-6-12(17)4-5-13(11)16/h2-7H,8,18H2,1H3.